The molecule has 166 valence electrons. The Kier molecular flexibility index (Phi) is 6.47. The normalized spacial score (nSPS) is 15.0. The Bertz CT molecular complexity index is 1270. The fraction of sp³-hybridized carbons (Fsp3) is 0.192. The third-order valence-corrected chi connectivity index (χ3v) is 6.93. The van der Waals surface area contributed by atoms with Crippen LogP contribution in [0.1, 0.15) is 32.6 Å². The molecule has 4 rings (SSSR count). The van der Waals surface area contributed by atoms with E-state index in [0.29, 0.717) is 28.1 Å². The average Bonchev–Trinajstić information content (AvgIpc) is 2.83. The molecular weight excluding hydrogens is 439 g/mol. The van der Waals surface area contributed by atoms with Crippen molar-refractivity contribution in [2.45, 2.75) is 30.0 Å². The molecule has 1 heterocycles. The van der Waals surface area contributed by atoms with Gasteiger partial charge in [-0.1, -0.05) is 24.3 Å². The van der Waals surface area contributed by atoms with Gasteiger partial charge in [0.05, 0.1) is 46.7 Å². The summed E-state index contributed by atoms with van der Waals surface area (Å²) in [6.45, 7) is 2.18. The Morgan fingerprint density at radius 3 is 2.61 bits per heavy atom. The van der Waals surface area contributed by atoms with Crippen molar-refractivity contribution in [3.63, 3.8) is 0 Å². The zero-order chi connectivity index (χ0) is 23.5. The van der Waals surface area contributed by atoms with E-state index in [1.807, 2.05) is 13.0 Å². The predicted molar refractivity (Wildman–Crippen MR) is 125 cm³/mol. The third kappa shape index (κ3) is 4.62. The minimum absolute atomic E-state index is 0.112. The van der Waals surface area contributed by atoms with E-state index in [2.05, 4.69) is 6.07 Å². The molecule has 0 aromatic heterocycles. The Balaban J connectivity index is 1.64. The van der Waals surface area contributed by atoms with Crippen molar-refractivity contribution in [2.75, 3.05) is 12.0 Å². The van der Waals surface area contributed by atoms with Crippen LogP contribution in [0.2, 0.25) is 0 Å². The lowest BCUT2D eigenvalue weighted by Gasteiger charge is -2.34. The number of anilines is 1. The molecule has 1 atom stereocenters. The largest absolute Gasteiger partial charge is 0.465 e. The van der Waals surface area contributed by atoms with Crippen molar-refractivity contribution in [1.82, 2.24) is 0 Å². The van der Waals surface area contributed by atoms with Crippen LogP contribution in [0.25, 0.3) is 0 Å². The second kappa shape index (κ2) is 9.47. The first-order valence-corrected chi connectivity index (χ1v) is 11.2. The summed E-state index contributed by atoms with van der Waals surface area (Å²) in [7, 11) is 1.32. The molecule has 5 nitrogen and oxygen atoms in total. The number of ether oxygens (including phenoxy) is 1. The fourth-order valence-corrected chi connectivity index (χ4v) is 5.09. The van der Waals surface area contributed by atoms with Crippen molar-refractivity contribution in [2.24, 2.45) is 0 Å². The van der Waals surface area contributed by atoms with Crippen molar-refractivity contribution in [3.05, 3.63) is 94.3 Å². The lowest BCUT2D eigenvalue weighted by Crippen LogP contribution is -2.41. The number of halogens is 1. The summed E-state index contributed by atoms with van der Waals surface area (Å²) in [5, 5.41) is 8.61. The van der Waals surface area contributed by atoms with Crippen LogP contribution in [0.3, 0.4) is 0 Å². The first-order chi connectivity index (χ1) is 15.9. The monoisotopic (exact) mass is 460 g/mol. The van der Waals surface area contributed by atoms with Gasteiger partial charge in [0.25, 0.3) is 0 Å². The number of nitrogens with zero attached hydrogens (tertiary/aromatic N) is 2. The lowest BCUT2D eigenvalue weighted by atomic mass is 10.0. The molecule has 3 aromatic carbocycles. The van der Waals surface area contributed by atoms with E-state index in [-0.39, 0.29) is 18.3 Å². The van der Waals surface area contributed by atoms with Crippen LogP contribution in [0.15, 0.2) is 65.6 Å². The van der Waals surface area contributed by atoms with Crippen molar-refractivity contribution >= 4 is 29.3 Å². The van der Waals surface area contributed by atoms with Crippen LogP contribution in [-0.4, -0.2) is 24.2 Å². The van der Waals surface area contributed by atoms with Gasteiger partial charge in [-0.2, -0.15) is 5.26 Å². The fourth-order valence-electron chi connectivity index (χ4n) is 3.83. The number of carbonyl (C=O) groups excluding carboxylic acids is 2. The third-order valence-electron chi connectivity index (χ3n) is 5.63. The van der Waals surface area contributed by atoms with E-state index in [9.17, 15) is 14.0 Å². The number of hydrogen-bond acceptors (Lipinski definition) is 5. The molecule has 1 amide bonds. The van der Waals surface area contributed by atoms with Crippen LogP contribution in [-0.2, 0) is 22.5 Å². The second-order valence-electron chi connectivity index (χ2n) is 7.76. The molecule has 0 spiro atoms. The number of aryl methyl sites for hydroxylation is 1. The molecule has 1 aliphatic rings. The van der Waals surface area contributed by atoms with E-state index in [1.54, 1.807) is 53.4 Å². The minimum atomic E-state index is -0.517. The molecule has 0 saturated heterocycles. The predicted octanol–water partition coefficient (Wildman–Crippen LogP) is 5.04. The molecule has 1 aliphatic heterocycles. The van der Waals surface area contributed by atoms with Crippen LogP contribution in [0.4, 0.5) is 10.1 Å². The summed E-state index contributed by atoms with van der Waals surface area (Å²) in [5.74, 6) is -0.902. The molecule has 0 radical (unpaired) electrons. The number of hydrogen-bond donors (Lipinski definition) is 0. The number of thioether (sulfide) groups is 1. The Labute approximate surface area is 195 Å². The number of amides is 1. The van der Waals surface area contributed by atoms with E-state index in [0.717, 1.165) is 16.7 Å². The number of rotatable bonds is 5. The van der Waals surface area contributed by atoms with E-state index >= 15 is 0 Å². The molecule has 7 heteroatoms. The molecule has 0 bridgehead atoms. The van der Waals surface area contributed by atoms with Crippen molar-refractivity contribution in [3.8, 4) is 6.07 Å². The number of esters is 1. The van der Waals surface area contributed by atoms with Crippen LogP contribution in [0.5, 0.6) is 0 Å². The van der Waals surface area contributed by atoms with E-state index < -0.39 is 11.2 Å². The zero-order valence-corrected chi connectivity index (χ0v) is 19.0. The highest BCUT2D eigenvalue weighted by Gasteiger charge is 2.35. The Morgan fingerprint density at radius 2 is 1.94 bits per heavy atom. The van der Waals surface area contributed by atoms with Gasteiger partial charge in [0.1, 0.15) is 5.82 Å². The van der Waals surface area contributed by atoms with Gasteiger partial charge in [0.2, 0.25) is 5.91 Å². The molecule has 1 unspecified atom stereocenters. The topological polar surface area (TPSA) is 70.4 Å². The van der Waals surface area contributed by atoms with Crippen LogP contribution >= 0.6 is 11.8 Å². The Hall–Kier alpha value is -3.63. The van der Waals surface area contributed by atoms with Crippen molar-refractivity contribution in [1.29, 1.82) is 5.26 Å². The average molecular weight is 461 g/mol. The molecule has 0 saturated carbocycles. The van der Waals surface area contributed by atoms with Gasteiger partial charge < -0.3 is 9.64 Å². The van der Waals surface area contributed by atoms with Crippen LogP contribution in [0, 0.1) is 24.1 Å². The van der Waals surface area contributed by atoms with E-state index in [1.165, 1.54) is 24.9 Å². The molecule has 0 fully saturated rings. The molecule has 33 heavy (non-hydrogen) atoms. The van der Waals surface area contributed by atoms with E-state index in [4.69, 9.17) is 10.00 Å². The van der Waals surface area contributed by atoms with Gasteiger partial charge in [0.15, 0.2) is 0 Å². The summed E-state index contributed by atoms with van der Waals surface area (Å²) in [5.41, 5.74) is 4.18. The molecule has 3 aromatic rings. The maximum Gasteiger partial charge on any atom is 0.337 e. The molecular formula is C26H21FN2O3S. The van der Waals surface area contributed by atoms with Gasteiger partial charge in [-0.3, -0.25) is 4.79 Å². The first-order valence-electron chi connectivity index (χ1n) is 10.3. The Morgan fingerprint density at radius 1 is 1.18 bits per heavy atom. The summed E-state index contributed by atoms with van der Waals surface area (Å²) in [4.78, 5) is 27.3. The maximum absolute atomic E-state index is 14.7. The number of fused-ring (bicyclic) bond motifs is 1. The number of carbonyl (C=O) groups is 2. The SMILES string of the molecule is COC(=O)c1ccc(CC2Sc3c(F)cccc3N(Cc3ccc(C#N)cc3C)C2=O)cc1. The van der Waals surface area contributed by atoms with Gasteiger partial charge in [-0.25, -0.2) is 9.18 Å². The summed E-state index contributed by atoms with van der Waals surface area (Å²) in [6.07, 6.45) is 0.390. The molecule has 0 aliphatic carbocycles. The smallest absolute Gasteiger partial charge is 0.337 e. The number of methoxy groups -OCH3 is 1. The standard InChI is InChI=1S/C26H21FN2O3S/c1-16-12-18(14-28)8-11-20(16)15-29-22-5-3-4-21(27)24(22)33-23(25(29)30)13-17-6-9-19(10-7-17)26(31)32-2/h3-12,23H,13,15H2,1-2H3. The maximum atomic E-state index is 14.7. The summed E-state index contributed by atoms with van der Waals surface area (Å²) >= 11 is 1.23. The summed E-state index contributed by atoms with van der Waals surface area (Å²) < 4.78 is 19.5. The second-order valence-corrected chi connectivity index (χ2v) is 8.98. The summed E-state index contributed by atoms with van der Waals surface area (Å²) in [6, 6.07) is 19.1. The number of benzene rings is 3. The minimum Gasteiger partial charge on any atom is -0.465 e. The van der Waals surface area contributed by atoms with Gasteiger partial charge in [0, 0.05) is 0 Å². The van der Waals surface area contributed by atoms with Crippen LogP contribution < -0.4 is 4.90 Å². The zero-order valence-electron chi connectivity index (χ0n) is 18.2. The number of nitriles is 1. The highest BCUT2D eigenvalue weighted by atomic mass is 32.2. The van der Waals surface area contributed by atoms with Crippen molar-refractivity contribution < 1.29 is 18.7 Å². The quantitative estimate of drug-likeness (QED) is 0.499. The highest BCUT2D eigenvalue weighted by molar-refractivity contribution is 8.01. The van der Waals surface area contributed by atoms with Gasteiger partial charge in [-0.15, -0.1) is 11.8 Å². The first kappa shape index (κ1) is 22.6. The highest BCUT2D eigenvalue weighted by Crippen LogP contribution is 2.42. The lowest BCUT2D eigenvalue weighted by molar-refractivity contribution is -0.118. The molecule has 0 N–H and O–H groups in total. The van der Waals surface area contributed by atoms with Gasteiger partial charge >= 0.3 is 5.97 Å². The van der Waals surface area contributed by atoms with Gasteiger partial charge in [-0.05, 0) is 66.4 Å².